The summed E-state index contributed by atoms with van der Waals surface area (Å²) in [5.41, 5.74) is 7.00. The summed E-state index contributed by atoms with van der Waals surface area (Å²) in [5.74, 6) is -0.762. The van der Waals surface area contributed by atoms with Crippen molar-refractivity contribution in [2.75, 3.05) is 7.11 Å². The molecule has 0 saturated carbocycles. The van der Waals surface area contributed by atoms with E-state index < -0.39 is 11.9 Å². The van der Waals surface area contributed by atoms with E-state index in [0.717, 1.165) is 18.4 Å². The zero-order valence-electron chi connectivity index (χ0n) is 12.5. The zero-order chi connectivity index (χ0) is 15.9. The number of ether oxygens (including phenoxy) is 1. The van der Waals surface area contributed by atoms with Crippen LogP contribution in [0.15, 0.2) is 18.2 Å². The van der Waals surface area contributed by atoms with Gasteiger partial charge in [0, 0.05) is 29.8 Å². The average molecular weight is 304 g/mol. The highest BCUT2D eigenvalue weighted by atomic mass is 16.5. The molecule has 0 radical (unpaired) electrons. The Morgan fingerprint density at radius 1 is 1.41 bits per heavy atom. The van der Waals surface area contributed by atoms with Crippen LogP contribution in [0, 0.1) is 5.92 Å². The maximum atomic E-state index is 12.8. The van der Waals surface area contributed by atoms with E-state index in [0.29, 0.717) is 24.3 Å². The second-order valence-corrected chi connectivity index (χ2v) is 5.92. The molecule has 2 heterocycles. The van der Waals surface area contributed by atoms with Gasteiger partial charge in [-0.15, -0.1) is 0 Å². The molecule has 6 heteroatoms. The van der Waals surface area contributed by atoms with Crippen LogP contribution < -0.4 is 10.5 Å². The third-order valence-electron chi connectivity index (χ3n) is 4.84. The van der Waals surface area contributed by atoms with Gasteiger partial charge in [-0.25, -0.2) is 0 Å². The number of hydrogen-bond acceptors (Lipinski definition) is 4. The molecular weight excluding hydrogens is 284 g/mol. The van der Waals surface area contributed by atoms with Crippen molar-refractivity contribution in [2.45, 2.75) is 37.9 Å². The molecule has 1 amide bonds. The topological polar surface area (TPSA) is 92.9 Å². The van der Waals surface area contributed by atoms with E-state index in [1.54, 1.807) is 30.2 Å². The van der Waals surface area contributed by atoms with E-state index in [9.17, 15) is 14.7 Å². The highest BCUT2D eigenvalue weighted by Crippen LogP contribution is 2.42. The maximum absolute atomic E-state index is 12.8. The molecule has 0 spiro atoms. The number of rotatable bonds is 4. The lowest BCUT2D eigenvalue weighted by Gasteiger charge is -2.23. The van der Waals surface area contributed by atoms with Gasteiger partial charge in [-0.1, -0.05) is 6.07 Å². The predicted molar refractivity (Wildman–Crippen MR) is 79.6 cm³/mol. The van der Waals surface area contributed by atoms with Crippen molar-refractivity contribution in [1.29, 1.82) is 0 Å². The summed E-state index contributed by atoms with van der Waals surface area (Å²) in [7, 11) is 1.54. The van der Waals surface area contributed by atoms with Crippen LogP contribution in [0.4, 0.5) is 0 Å². The van der Waals surface area contributed by atoms with Gasteiger partial charge in [0.15, 0.2) is 0 Å². The van der Waals surface area contributed by atoms with Crippen LogP contribution in [0.25, 0.3) is 0 Å². The Morgan fingerprint density at radius 3 is 2.77 bits per heavy atom. The van der Waals surface area contributed by atoms with Crippen molar-refractivity contribution in [2.24, 2.45) is 11.7 Å². The van der Waals surface area contributed by atoms with Crippen LogP contribution >= 0.6 is 0 Å². The molecule has 0 aromatic heterocycles. The first kappa shape index (κ1) is 14.8. The lowest BCUT2D eigenvalue weighted by atomic mass is 9.89. The smallest absolute Gasteiger partial charge is 0.308 e. The van der Waals surface area contributed by atoms with Gasteiger partial charge in [-0.05, 0) is 31.4 Å². The first-order valence-corrected chi connectivity index (χ1v) is 7.49. The molecule has 3 rings (SSSR count). The Hall–Kier alpha value is -2.08. The molecule has 1 aromatic rings. The fourth-order valence-corrected chi connectivity index (χ4v) is 3.77. The van der Waals surface area contributed by atoms with Crippen LogP contribution in [0.5, 0.6) is 5.75 Å². The van der Waals surface area contributed by atoms with Crippen molar-refractivity contribution in [3.63, 3.8) is 0 Å². The highest BCUT2D eigenvalue weighted by Gasteiger charge is 2.51. The van der Waals surface area contributed by atoms with Crippen LogP contribution in [-0.4, -0.2) is 41.1 Å². The Kier molecular flexibility index (Phi) is 3.78. The number of carboxylic acid groups (broad SMARTS) is 1. The number of methoxy groups -OCH3 is 1. The van der Waals surface area contributed by atoms with Crippen molar-refractivity contribution < 1.29 is 19.4 Å². The number of carboxylic acids is 1. The molecule has 3 N–H and O–H groups in total. The Balaban J connectivity index is 1.87. The van der Waals surface area contributed by atoms with E-state index in [-0.39, 0.29) is 18.0 Å². The molecule has 3 unspecified atom stereocenters. The Morgan fingerprint density at radius 2 is 2.18 bits per heavy atom. The summed E-state index contributed by atoms with van der Waals surface area (Å²) >= 11 is 0. The van der Waals surface area contributed by atoms with E-state index in [1.165, 1.54) is 0 Å². The van der Waals surface area contributed by atoms with Gasteiger partial charge >= 0.3 is 5.97 Å². The number of nitrogens with zero attached hydrogens (tertiary/aromatic N) is 1. The lowest BCUT2D eigenvalue weighted by molar-refractivity contribution is -0.142. The second kappa shape index (κ2) is 5.61. The van der Waals surface area contributed by atoms with Crippen molar-refractivity contribution in [3.05, 3.63) is 29.3 Å². The molecule has 2 saturated heterocycles. The minimum Gasteiger partial charge on any atom is -0.496 e. The molecule has 3 atom stereocenters. The molecule has 2 aliphatic heterocycles. The number of carbonyl (C=O) groups is 2. The molecule has 22 heavy (non-hydrogen) atoms. The largest absolute Gasteiger partial charge is 0.496 e. The summed E-state index contributed by atoms with van der Waals surface area (Å²) in [4.78, 5) is 25.9. The van der Waals surface area contributed by atoms with Crippen molar-refractivity contribution >= 4 is 11.9 Å². The standard InChI is InChI=1S/C16H20N2O4/c1-22-14-6-9(2-3-10(14)8-17)15(19)18-11-4-5-13(18)12(7-11)16(20)21/h2-3,6,11-13H,4-5,7-8,17H2,1H3,(H,20,21). The summed E-state index contributed by atoms with van der Waals surface area (Å²) < 4.78 is 5.27. The molecule has 2 aliphatic rings. The van der Waals surface area contributed by atoms with Gasteiger partial charge in [0.2, 0.25) is 0 Å². The van der Waals surface area contributed by atoms with Gasteiger partial charge < -0.3 is 20.5 Å². The predicted octanol–water partition coefficient (Wildman–Crippen LogP) is 1.23. The van der Waals surface area contributed by atoms with Gasteiger partial charge in [0.25, 0.3) is 5.91 Å². The molecule has 1 aromatic carbocycles. The molecule has 2 bridgehead atoms. The maximum Gasteiger partial charge on any atom is 0.308 e. The number of hydrogen-bond donors (Lipinski definition) is 2. The summed E-state index contributed by atoms with van der Waals surface area (Å²) in [6.07, 6.45) is 2.22. The monoisotopic (exact) mass is 304 g/mol. The van der Waals surface area contributed by atoms with Crippen LogP contribution in [0.1, 0.15) is 35.2 Å². The Labute approximate surface area is 128 Å². The number of carbonyl (C=O) groups excluding carboxylic acids is 1. The normalized spacial score (nSPS) is 26.3. The van der Waals surface area contributed by atoms with Crippen LogP contribution in [-0.2, 0) is 11.3 Å². The van der Waals surface area contributed by atoms with Gasteiger partial charge in [-0.3, -0.25) is 9.59 Å². The lowest BCUT2D eigenvalue weighted by Crippen LogP contribution is -2.37. The van der Waals surface area contributed by atoms with Crippen molar-refractivity contribution in [3.8, 4) is 5.75 Å². The molecule has 2 fully saturated rings. The van der Waals surface area contributed by atoms with E-state index in [4.69, 9.17) is 10.5 Å². The summed E-state index contributed by atoms with van der Waals surface area (Å²) in [5, 5.41) is 9.28. The van der Waals surface area contributed by atoms with E-state index >= 15 is 0 Å². The quantitative estimate of drug-likeness (QED) is 0.873. The number of nitrogens with two attached hydrogens (primary N) is 1. The van der Waals surface area contributed by atoms with Crippen LogP contribution in [0.3, 0.4) is 0 Å². The Bertz CT molecular complexity index is 616. The van der Waals surface area contributed by atoms with Crippen LogP contribution in [0.2, 0.25) is 0 Å². The minimum atomic E-state index is -0.805. The van der Waals surface area contributed by atoms with Gasteiger partial charge in [0.05, 0.1) is 13.0 Å². The third-order valence-corrected chi connectivity index (χ3v) is 4.84. The second-order valence-electron chi connectivity index (χ2n) is 5.92. The van der Waals surface area contributed by atoms with Crippen molar-refractivity contribution in [1.82, 2.24) is 4.90 Å². The fraction of sp³-hybridized carbons (Fsp3) is 0.500. The summed E-state index contributed by atoms with van der Waals surface area (Å²) in [6, 6.07) is 5.08. The SMILES string of the molecule is COc1cc(C(=O)N2C3CCC2C(C(=O)O)C3)ccc1CN. The minimum absolute atomic E-state index is 0.0405. The molecule has 118 valence electrons. The first-order valence-electron chi connectivity index (χ1n) is 7.49. The first-order chi connectivity index (χ1) is 10.6. The molecular formula is C16H20N2O4. The van der Waals surface area contributed by atoms with E-state index in [2.05, 4.69) is 0 Å². The highest BCUT2D eigenvalue weighted by molar-refractivity contribution is 5.96. The van der Waals surface area contributed by atoms with E-state index in [1.807, 2.05) is 0 Å². The number of fused-ring (bicyclic) bond motifs is 2. The summed E-state index contributed by atoms with van der Waals surface area (Å²) in [6.45, 7) is 0.341. The molecule has 0 aliphatic carbocycles. The number of aliphatic carboxylic acids is 1. The average Bonchev–Trinajstić information content (AvgIpc) is 3.11. The molecule has 6 nitrogen and oxygen atoms in total. The van der Waals surface area contributed by atoms with Gasteiger partial charge in [0.1, 0.15) is 5.75 Å². The zero-order valence-corrected chi connectivity index (χ0v) is 12.5. The van der Waals surface area contributed by atoms with Gasteiger partial charge in [-0.2, -0.15) is 0 Å². The number of amides is 1. The number of benzene rings is 1. The fourth-order valence-electron chi connectivity index (χ4n) is 3.77. The third kappa shape index (κ3) is 2.23.